The molecule has 2 amide bonds. The summed E-state index contributed by atoms with van der Waals surface area (Å²) in [7, 11) is 1.57. The topological polar surface area (TPSA) is 71.0 Å². The Labute approximate surface area is 140 Å². The number of anilines is 1. The zero-order valence-corrected chi connectivity index (χ0v) is 14.2. The van der Waals surface area contributed by atoms with Gasteiger partial charge in [0.15, 0.2) is 0 Å². The Morgan fingerprint density at radius 1 is 1.48 bits per heavy atom. The molecule has 7 heteroatoms. The van der Waals surface area contributed by atoms with Gasteiger partial charge in [-0.2, -0.15) is 5.10 Å². The summed E-state index contributed by atoms with van der Waals surface area (Å²) in [5, 5.41) is 8.80. The van der Waals surface area contributed by atoms with Gasteiger partial charge in [-0.15, -0.1) is 0 Å². The van der Waals surface area contributed by atoms with Crippen LogP contribution in [-0.4, -0.2) is 37.3 Å². The molecule has 0 aliphatic carbocycles. The number of methoxy groups -OCH3 is 1. The first-order chi connectivity index (χ1) is 10.9. The van der Waals surface area contributed by atoms with Gasteiger partial charge in [-0.3, -0.25) is 9.59 Å². The smallest absolute Gasteiger partial charge is 0.267 e. The van der Waals surface area contributed by atoms with E-state index in [0.717, 1.165) is 5.56 Å². The molecular formula is C16H20ClN3O3. The molecule has 1 heterocycles. The Bertz CT molecular complexity index is 645. The van der Waals surface area contributed by atoms with Crippen molar-refractivity contribution in [3.05, 3.63) is 28.8 Å². The Hall–Kier alpha value is -1.92. The van der Waals surface area contributed by atoms with Crippen LogP contribution in [0.5, 0.6) is 0 Å². The van der Waals surface area contributed by atoms with Crippen LogP contribution in [0.25, 0.3) is 0 Å². The highest BCUT2D eigenvalue weighted by atomic mass is 35.5. The maximum atomic E-state index is 12.2. The van der Waals surface area contributed by atoms with Gasteiger partial charge in [0.2, 0.25) is 5.91 Å². The van der Waals surface area contributed by atoms with E-state index in [-0.39, 0.29) is 24.3 Å². The number of carbonyl (C=O) groups excluding carboxylic acids is 2. The second kappa shape index (κ2) is 7.57. The highest BCUT2D eigenvalue weighted by molar-refractivity contribution is 6.40. The van der Waals surface area contributed by atoms with E-state index in [1.54, 1.807) is 19.2 Å². The molecular weight excluding hydrogens is 318 g/mol. The highest BCUT2D eigenvalue weighted by Crippen LogP contribution is 2.26. The number of carbonyl (C=O) groups is 2. The molecule has 6 nitrogen and oxygen atoms in total. The van der Waals surface area contributed by atoms with Crippen molar-refractivity contribution in [1.29, 1.82) is 0 Å². The van der Waals surface area contributed by atoms with E-state index in [4.69, 9.17) is 16.3 Å². The maximum Gasteiger partial charge on any atom is 0.267 e. The number of rotatable bonds is 5. The second-order valence-corrected chi connectivity index (χ2v) is 5.92. The molecule has 0 aromatic heterocycles. The largest absolute Gasteiger partial charge is 0.383 e. The summed E-state index contributed by atoms with van der Waals surface area (Å²) in [6, 6.07) is 5.12. The third-order valence-corrected chi connectivity index (χ3v) is 3.90. The van der Waals surface area contributed by atoms with E-state index >= 15 is 0 Å². The molecule has 0 fully saturated rings. The fourth-order valence-electron chi connectivity index (χ4n) is 2.23. The molecule has 0 unspecified atom stereocenters. The molecule has 0 saturated carbocycles. The number of halogens is 1. The van der Waals surface area contributed by atoms with Crippen LogP contribution in [0.2, 0.25) is 5.02 Å². The number of hydrazone groups is 1. The van der Waals surface area contributed by atoms with Gasteiger partial charge in [-0.05, 0) is 31.5 Å². The molecule has 23 heavy (non-hydrogen) atoms. The normalized spacial score (nSPS) is 16.1. The van der Waals surface area contributed by atoms with Gasteiger partial charge in [-0.1, -0.05) is 17.7 Å². The van der Waals surface area contributed by atoms with Gasteiger partial charge >= 0.3 is 0 Å². The van der Waals surface area contributed by atoms with Gasteiger partial charge in [0, 0.05) is 31.0 Å². The number of ether oxygens (including phenoxy) is 1. The van der Waals surface area contributed by atoms with Crippen molar-refractivity contribution in [2.75, 3.05) is 18.7 Å². The number of nitrogens with zero attached hydrogens (tertiary/aromatic N) is 2. The van der Waals surface area contributed by atoms with Crippen molar-refractivity contribution < 1.29 is 14.3 Å². The van der Waals surface area contributed by atoms with Gasteiger partial charge < -0.3 is 10.1 Å². The van der Waals surface area contributed by atoms with Crippen molar-refractivity contribution >= 4 is 34.8 Å². The van der Waals surface area contributed by atoms with Gasteiger partial charge in [0.1, 0.15) is 5.71 Å². The maximum absolute atomic E-state index is 12.2. The lowest BCUT2D eigenvalue weighted by Gasteiger charge is -2.24. The zero-order valence-electron chi connectivity index (χ0n) is 13.4. The van der Waals surface area contributed by atoms with Crippen LogP contribution in [0.4, 0.5) is 5.69 Å². The van der Waals surface area contributed by atoms with E-state index < -0.39 is 0 Å². The summed E-state index contributed by atoms with van der Waals surface area (Å²) < 4.78 is 4.99. The van der Waals surface area contributed by atoms with Crippen LogP contribution in [0.3, 0.4) is 0 Å². The minimum absolute atomic E-state index is 0.130. The van der Waals surface area contributed by atoms with Crippen LogP contribution in [0, 0.1) is 6.92 Å². The molecule has 1 aliphatic rings. The van der Waals surface area contributed by atoms with Crippen LogP contribution in [0.1, 0.15) is 25.3 Å². The van der Waals surface area contributed by atoms with Crippen molar-refractivity contribution in [1.82, 2.24) is 5.32 Å². The molecule has 1 aromatic carbocycles. The number of aryl methyl sites for hydroxylation is 1. The average Bonchev–Trinajstić information content (AvgIpc) is 2.50. The van der Waals surface area contributed by atoms with E-state index in [0.29, 0.717) is 29.4 Å². The Morgan fingerprint density at radius 2 is 2.22 bits per heavy atom. The fourth-order valence-corrected chi connectivity index (χ4v) is 2.41. The third kappa shape index (κ3) is 4.30. The van der Waals surface area contributed by atoms with E-state index in [1.807, 2.05) is 19.9 Å². The lowest BCUT2D eigenvalue weighted by Crippen LogP contribution is -2.43. The van der Waals surface area contributed by atoms with Crippen LogP contribution in [0.15, 0.2) is 23.3 Å². The molecule has 124 valence electrons. The lowest BCUT2D eigenvalue weighted by atomic mass is 10.1. The number of amides is 2. The molecule has 1 atom stereocenters. The van der Waals surface area contributed by atoms with Gasteiger partial charge in [0.25, 0.3) is 5.91 Å². The quantitative estimate of drug-likeness (QED) is 0.896. The summed E-state index contributed by atoms with van der Waals surface area (Å²) in [6.45, 7) is 4.13. The first kappa shape index (κ1) is 17.4. The minimum Gasteiger partial charge on any atom is -0.383 e. The summed E-state index contributed by atoms with van der Waals surface area (Å²) in [6.07, 6.45) is 0.552. The predicted molar refractivity (Wildman–Crippen MR) is 89.8 cm³/mol. The van der Waals surface area contributed by atoms with E-state index in [9.17, 15) is 9.59 Å². The molecule has 1 aromatic rings. The molecule has 1 N–H and O–H groups in total. The highest BCUT2D eigenvalue weighted by Gasteiger charge is 2.26. The summed E-state index contributed by atoms with van der Waals surface area (Å²) >= 11 is 6.10. The van der Waals surface area contributed by atoms with Crippen molar-refractivity contribution in [2.45, 2.75) is 32.7 Å². The third-order valence-electron chi connectivity index (χ3n) is 3.49. The second-order valence-electron chi connectivity index (χ2n) is 5.52. The van der Waals surface area contributed by atoms with Gasteiger partial charge in [0.05, 0.1) is 12.3 Å². The molecule has 1 aliphatic heterocycles. The Kier molecular flexibility index (Phi) is 5.74. The van der Waals surface area contributed by atoms with Crippen molar-refractivity contribution in [3.8, 4) is 0 Å². The Balaban J connectivity index is 2.20. The number of hydrogen-bond donors (Lipinski definition) is 1. The fraction of sp³-hybridized carbons (Fsp3) is 0.438. The van der Waals surface area contributed by atoms with Crippen molar-refractivity contribution in [3.63, 3.8) is 0 Å². The van der Waals surface area contributed by atoms with E-state index in [2.05, 4.69) is 10.4 Å². The standard InChI is InChI=1S/C16H20ClN3O3/c1-10-4-5-12(8-13(10)17)20-15(21)7-6-14(19-20)16(22)18-11(2)9-23-3/h4-5,8,11H,6-7,9H2,1-3H3,(H,18,22)/t11-/m1/s1. The summed E-state index contributed by atoms with van der Waals surface area (Å²) in [5.41, 5.74) is 1.79. The van der Waals surface area contributed by atoms with E-state index in [1.165, 1.54) is 5.01 Å². The van der Waals surface area contributed by atoms with Gasteiger partial charge in [-0.25, -0.2) is 5.01 Å². The monoisotopic (exact) mass is 337 g/mol. The SMILES string of the molecule is COC[C@@H](C)NC(=O)C1=NN(c2ccc(C)c(Cl)c2)C(=O)CC1. The first-order valence-electron chi connectivity index (χ1n) is 7.38. The van der Waals surface area contributed by atoms with Crippen LogP contribution in [-0.2, 0) is 14.3 Å². The lowest BCUT2D eigenvalue weighted by molar-refractivity contribution is -0.119. The minimum atomic E-state index is -0.287. The summed E-state index contributed by atoms with van der Waals surface area (Å²) in [5.74, 6) is -0.448. The number of hydrogen-bond acceptors (Lipinski definition) is 4. The van der Waals surface area contributed by atoms with Crippen LogP contribution < -0.4 is 10.3 Å². The van der Waals surface area contributed by atoms with Crippen molar-refractivity contribution in [2.24, 2.45) is 5.10 Å². The number of benzene rings is 1. The molecule has 0 spiro atoms. The van der Waals surface area contributed by atoms with Crippen LogP contribution >= 0.6 is 11.6 Å². The molecule has 2 rings (SSSR count). The Morgan fingerprint density at radius 3 is 2.87 bits per heavy atom. The number of nitrogens with one attached hydrogen (secondary N) is 1. The predicted octanol–water partition coefficient (Wildman–Crippen LogP) is 2.28. The average molecular weight is 338 g/mol. The first-order valence-corrected chi connectivity index (χ1v) is 7.76. The molecule has 0 radical (unpaired) electrons. The zero-order chi connectivity index (χ0) is 17.0. The molecule has 0 saturated heterocycles. The molecule has 0 bridgehead atoms. The summed E-state index contributed by atoms with van der Waals surface area (Å²) in [4.78, 5) is 24.3.